The first kappa shape index (κ1) is 15.6. The number of hydrogen-bond acceptors (Lipinski definition) is 5. The minimum atomic E-state index is -1.16. The molecule has 1 aromatic carbocycles. The number of benzene rings is 1. The molecule has 0 amide bonds. The molecule has 0 N–H and O–H groups in total. The molecule has 0 aliphatic heterocycles. The van der Waals surface area contributed by atoms with Crippen molar-refractivity contribution in [3.63, 3.8) is 0 Å². The normalized spacial score (nSPS) is 12.9. The molecule has 106 valence electrons. The van der Waals surface area contributed by atoms with Gasteiger partial charge in [-0.3, -0.25) is 9.59 Å². The predicted molar refractivity (Wildman–Crippen MR) is 66.9 cm³/mol. The lowest BCUT2D eigenvalue weighted by atomic mass is 9.84. The van der Waals surface area contributed by atoms with Gasteiger partial charge in [-0.1, -0.05) is 12.1 Å². The highest BCUT2D eigenvalue weighted by atomic mass is 19.1. The number of nitrogens with zero attached hydrogens (tertiary/aromatic N) is 1. The Kier molecular flexibility index (Phi) is 5.66. The van der Waals surface area contributed by atoms with Crippen molar-refractivity contribution in [1.29, 1.82) is 5.26 Å². The highest BCUT2D eigenvalue weighted by Gasteiger charge is 2.32. The Morgan fingerprint density at radius 3 is 2.30 bits per heavy atom. The molecule has 0 unspecified atom stereocenters. The molecule has 2 atom stereocenters. The minimum absolute atomic E-state index is 0.171. The number of ether oxygens (including phenoxy) is 2. The van der Waals surface area contributed by atoms with Gasteiger partial charge < -0.3 is 9.47 Å². The monoisotopic (exact) mass is 279 g/mol. The molecule has 6 heteroatoms. The summed E-state index contributed by atoms with van der Waals surface area (Å²) in [5.41, 5.74) is 0.494. The fourth-order valence-corrected chi connectivity index (χ4v) is 1.83. The number of hydrogen-bond donors (Lipinski definition) is 0. The molecule has 0 fully saturated rings. The number of halogens is 1. The van der Waals surface area contributed by atoms with Crippen LogP contribution in [0.4, 0.5) is 4.39 Å². The zero-order valence-corrected chi connectivity index (χ0v) is 11.1. The topological polar surface area (TPSA) is 76.4 Å². The van der Waals surface area contributed by atoms with Crippen molar-refractivity contribution < 1.29 is 23.5 Å². The van der Waals surface area contributed by atoms with E-state index in [2.05, 4.69) is 9.47 Å². The van der Waals surface area contributed by atoms with Gasteiger partial charge in [0.05, 0.1) is 26.7 Å². The summed E-state index contributed by atoms with van der Waals surface area (Å²) in [7, 11) is 2.37. The van der Waals surface area contributed by atoms with Crippen molar-refractivity contribution in [2.45, 2.75) is 12.3 Å². The summed E-state index contributed by atoms with van der Waals surface area (Å²) in [6.45, 7) is 0. The number of nitriles is 1. The van der Waals surface area contributed by atoms with Crippen LogP contribution in [0.2, 0.25) is 0 Å². The lowest BCUT2D eigenvalue weighted by Gasteiger charge is -2.19. The molecular formula is C14H14FNO4. The van der Waals surface area contributed by atoms with Gasteiger partial charge in [0, 0.05) is 5.92 Å². The van der Waals surface area contributed by atoms with Gasteiger partial charge in [-0.2, -0.15) is 5.26 Å². The van der Waals surface area contributed by atoms with E-state index in [-0.39, 0.29) is 6.42 Å². The second kappa shape index (κ2) is 7.24. The maximum atomic E-state index is 12.9. The molecular weight excluding hydrogens is 265 g/mol. The molecule has 5 nitrogen and oxygen atoms in total. The van der Waals surface area contributed by atoms with Gasteiger partial charge in [-0.15, -0.1) is 0 Å². The first-order valence-corrected chi connectivity index (χ1v) is 5.83. The Hall–Kier alpha value is -2.42. The minimum Gasteiger partial charge on any atom is -0.469 e. The van der Waals surface area contributed by atoms with Crippen molar-refractivity contribution in [3.05, 3.63) is 35.6 Å². The molecule has 0 saturated carbocycles. The third-order valence-corrected chi connectivity index (χ3v) is 2.91. The van der Waals surface area contributed by atoms with Crippen molar-refractivity contribution in [3.8, 4) is 6.07 Å². The summed E-state index contributed by atoms with van der Waals surface area (Å²) in [6, 6.07) is 7.07. The Morgan fingerprint density at radius 2 is 1.85 bits per heavy atom. The number of esters is 2. The summed E-state index contributed by atoms with van der Waals surface area (Å²) < 4.78 is 22.1. The van der Waals surface area contributed by atoms with E-state index in [9.17, 15) is 14.0 Å². The largest absolute Gasteiger partial charge is 0.469 e. The number of carbonyl (C=O) groups is 2. The van der Waals surface area contributed by atoms with E-state index >= 15 is 0 Å². The van der Waals surface area contributed by atoms with Gasteiger partial charge in [-0.25, -0.2) is 4.39 Å². The summed E-state index contributed by atoms with van der Waals surface area (Å²) >= 11 is 0. The Labute approximate surface area is 115 Å². The first-order valence-electron chi connectivity index (χ1n) is 5.83. The van der Waals surface area contributed by atoms with Gasteiger partial charge in [0.2, 0.25) is 0 Å². The van der Waals surface area contributed by atoms with E-state index in [0.29, 0.717) is 5.56 Å². The lowest BCUT2D eigenvalue weighted by Crippen LogP contribution is -2.25. The van der Waals surface area contributed by atoms with E-state index in [1.807, 2.05) is 6.07 Å². The van der Waals surface area contributed by atoms with Crippen molar-refractivity contribution in [1.82, 2.24) is 0 Å². The molecule has 20 heavy (non-hydrogen) atoms. The first-order chi connectivity index (χ1) is 9.53. The summed E-state index contributed by atoms with van der Waals surface area (Å²) in [6.07, 6.45) is -0.171. The molecule has 0 saturated heterocycles. The van der Waals surface area contributed by atoms with Gasteiger partial charge in [0.1, 0.15) is 5.82 Å². The highest BCUT2D eigenvalue weighted by molar-refractivity contribution is 5.78. The quantitative estimate of drug-likeness (QED) is 0.768. The van der Waals surface area contributed by atoms with E-state index in [1.165, 1.54) is 31.4 Å². The third kappa shape index (κ3) is 3.79. The lowest BCUT2D eigenvalue weighted by molar-refractivity contribution is -0.145. The van der Waals surface area contributed by atoms with Gasteiger partial charge >= 0.3 is 11.9 Å². The van der Waals surface area contributed by atoms with Crippen LogP contribution >= 0.6 is 0 Å². The fourth-order valence-electron chi connectivity index (χ4n) is 1.83. The maximum Gasteiger partial charge on any atom is 0.323 e. The van der Waals surface area contributed by atoms with Gasteiger partial charge in [0.25, 0.3) is 0 Å². The zero-order chi connectivity index (χ0) is 15.1. The van der Waals surface area contributed by atoms with Crippen LogP contribution in [0, 0.1) is 23.1 Å². The smallest absolute Gasteiger partial charge is 0.323 e. The molecule has 0 bridgehead atoms. The van der Waals surface area contributed by atoms with Gasteiger partial charge in [0.15, 0.2) is 5.92 Å². The van der Waals surface area contributed by atoms with Crippen molar-refractivity contribution >= 4 is 11.9 Å². The van der Waals surface area contributed by atoms with Crippen molar-refractivity contribution in [2.75, 3.05) is 14.2 Å². The Morgan fingerprint density at radius 1 is 1.25 bits per heavy atom. The van der Waals surface area contributed by atoms with Crippen LogP contribution in [-0.2, 0) is 19.1 Å². The van der Waals surface area contributed by atoms with Crippen LogP contribution in [-0.4, -0.2) is 26.2 Å². The predicted octanol–water partition coefficient (Wildman–Crippen LogP) is 1.79. The van der Waals surface area contributed by atoms with Crippen LogP contribution in [0.1, 0.15) is 17.9 Å². The zero-order valence-electron chi connectivity index (χ0n) is 11.1. The van der Waals surface area contributed by atoms with E-state index in [4.69, 9.17) is 5.26 Å². The molecule has 1 rings (SSSR count). The Balaban J connectivity index is 3.13. The maximum absolute atomic E-state index is 12.9. The summed E-state index contributed by atoms with van der Waals surface area (Å²) in [5, 5.41) is 9.12. The Bertz CT molecular complexity index is 521. The van der Waals surface area contributed by atoms with E-state index in [0.717, 1.165) is 7.11 Å². The highest BCUT2D eigenvalue weighted by Crippen LogP contribution is 2.29. The second-order valence-corrected chi connectivity index (χ2v) is 4.07. The van der Waals surface area contributed by atoms with Crippen LogP contribution < -0.4 is 0 Å². The van der Waals surface area contributed by atoms with Crippen LogP contribution in [0.3, 0.4) is 0 Å². The molecule has 0 spiro atoms. The van der Waals surface area contributed by atoms with Gasteiger partial charge in [-0.05, 0) is 17.7 Å². The summed E-state index contributed by atoms with van der Waals surface area (Å²) in [5.74, 6) is -3.67. The average Bonchev–Trinajstić information content (AvgIpc) is 2.47. The number of rotatable bonds is 5. The van der Waals surface area contributed by atoms with E-state index < -0.39 is 29.6 Å². The molecule has 1 aromatic rings. The third-order valence-electron chi connectivity index (χ3n) is 2.91. The number of carbonyl (C=O) groups excluding carboxylic acids is 2. The molecule has 0 aliphatic rings. The second-order valence-electron chi connectivity index (χ2n) is 4.07. The molecule has 0 radical (unpaired) electrons. The molecule has 0 aliphatic carbocycles. The van der Waals surface area contributed by atoms with Crippen LogP contribution in [0.25, 0.3) is 0 Å². The van der Waals surface area contributed by atoms with Crippen LogP contribution in [0.15, 0.2) is 24.3 Å². The molecule has 0 aromatic heterocycles. The average molecular weight is 279 g/mol. The molecule has 0 heterocycles. The number of methoxy groups -OCH3 is 2. The van der Waals surface area contributed by atoms with E-state index in [1.54, 1.807) is 0 Å². The standard InChI is InChI=1S/C14H14FNO4/c1-19-13(17)7-11(12(8-16)14(18)20-2)9-3-5-10(15)6-4-9/h3-6,11-12H,7H2,1-2H3/t11-,12+/m1/s1. The summed E-state index contributed by atoms with van der Waals surface area (Å²) in [4.78, 5) is 23.1. The fraction of sp³-hybridized carbons (Fsp3) is 0.357. The SMILES string of the molecule is COC(=O)C[C@H](c1ccc(F)cc1)[C@H](C#N)C(=O)OC. The van der Waals surface area contributed by atoms with Crippen molar-refractivity contribution in [2.24, 2.45) is 5.92 Å². The van der Waals surface area contributed by atoms with Crippen LogP contribution in [0.5, 0.6) is 0 Å².